The number of nitrogens with one attached hydrogen (secondary N) is 2. The number of ether oxygens (including phenoxy) is 2. The molecule has 3 heterocycles. The summed E-state index contributed by atoms with van der Waals surface area (Å²) in [6.07, 6.45) is 4.13. The fourth-order valence-electron chi connectivity index (χ4n) is 5.18. The van der Waals surface area contributed by atoms with Gasteiger partial charge in [0.2, 0.25) is 17.7 Å². The average molecular weight is 462 g/mol. The molecule has 0 saturated carbocycles. The van der Waals surface area contributed by atoms with Gasteiger partial charge in [-0.2, -0.15) is 0 Å². The molecule has 3 aliphatic heterocycles. The van der Waals surface area contributed by atoms with E-state index in [1.54, 1.807) is 36.3 Å². The summed E-state index contributed by atoms with van der Waals surface area (Å²) in [6.45, 7) is 2.28. The number of carbonyl (C=O) groups is 3. The Kier molecular flexibility index (Phi) is 5.61. The van der Waals surface area contributed by atoms with Crippen LogP contribution in [0.2, 0.25) is 0 Å². The van der Waals surface area contributed by atoms with Crippen molar-refractivity contribution in [3.63, 3.8) is 0 Å². The van der Waals surface area contributed by atoms with Gasteiger partial charge in [-0.3, -0.25) is 14.4 Å². The maximum Gasteiger partial charge on any atom is 0.234 e. The number of fused-ring (bicyclic) bond motifs is 1. The first kappa shape index (κ1) is 22.2. The van der Waals surface area contributed by atoms with Gasteiger partial charge in [0.05, 0.1) is 31.6 Å². The van der Waals surface area contributed by atoms with E-state index in [0.717, 1.165) is 11.3 Å². The molecule has 34 heavy (non-hydrogen) atoms. The van der Waals surface area contributed by atoms with Crippen molar-refractivity contribution in [2.24, 2.45) is 11.8 Å². The number of rotatable bonds is 7. The minimum atomic E-state index is -0.782. The minimum Gasteiger partial charge on any atom is -0.497 e. The zero-order chi connectivity index (χ0) is 23.9. The summed E-state index contributed by atoms with van der Waals surface area (Å²) < 4.78 is 11.4. The van der Waals surface area contributed by atoms with E-state index in [2.05, 4.69) is 10.6 Å². The van der Waals surface area contributed by atoms with Crippen molar-refractivity contribution in [1.82, 2.24) is 5.32 Å². The highest BCUT2D eigenvalue weighted by Crippen LogP contribution is 2.52. The topological polar surface area (TPSA) is 97.0 Å². The van der Waals surface area contributed by atoms with Gasteiger partial charge in [-0.25, -0.2) is 0 Å². The smallest absolute Gasteiger partial charge is 0.234 e. The number of hydrogen-bond acceptors (Lipinski definition) is 5. The van der Waals surface area contributed by atoms with Gasteiger partial charge in [-0.1, -0.05) is 24.3 Å². The lowest BCUT2D eigenvalue weighted by molar-refractivity contribution is -0.131. The number of hydrogen-bond donors (Lipinski definition) is 2. The minimum absolute atomic E-state index is 0.116. The molecule has 2 saturated heterocycles. The summed E-state index contributed by atoms with van der Waals surface area (Å²) in [6, 6.07) is 14.8. The maximum atomic E-state index is 13.5. The zero-order valence-corrected chi connectivity index (χ0v) is 19.1. The first-order chi connectivity index (χ1) is 16.4. The summed E-state index contributed by atoms with van der Waals surface area (Å²) in [5.41, 5.74) is 1.68. The number of anilines is 2. The van der Waals surface area contributed by atoms with Crippen LogP contribution in [0.4, 0.5) is 11.4 Å². The lowest BCUT2D eigenvalue weighted by Gasteiger charge is -2.23. The van der Waals surface area contributed by atoms with Crippen LogP contribution >= 0.6 is 0 Å². The first-order valence-electron chi connectivity index (χ1n) is 11.4. The van der Waals surface area contributed by atoms with E-state index in [0.29, 0.717) is 30.9 Å². The third-order valence-corrected chi connectivity index (χ3v) is 6.77. The lowest BCUT2D eigenvalue weighted by atomic mass is 9.77. The largest absolute Gasteiger partial charge is 0.497 e. The average Bonchev–Trinajstić information content (AvgIpc) is 3.48. The molecule has 2 bridgehead atoms. The van der Waals surface area contributed by atoms with Crippen LogP contribution < -0.4 is 20.3 Å². The molecule has 8 heteroatoms. The van der Waals surface area contributed by atoms with Crippen molar-refractivity contribution >= 4 is 29.1 Å². The van der Waals surface area contributed by atoms with E-state index in [4.69, 9.17) is 9.47 Å². The second-order valence-corrected chi connectivity index (χ2v) is 8.94. The number of nitrogens with zero attached hydrogens (tertiary/aromatic N) is 1. The van der Waals surface area contributed by atoms with Crippen LogP contribution in [0.3, 0.4) is 0 Å². The van der Waals surface area contributed by atoms with Crippen molar-refractivity contribution < 1.29 is 23.9 Å². The number of benzene rings is 2. The Morgan fingerprint density at radius 3 is 2.56 bits per heavy atom. The third-order valence-electron chi connectivity index (χ3n) is 6.77. The van der Waals surface area contributed by atoms with Crippen molar-refractivity contribution in [1.29, 1.82) is 0 Å². The fourth-order valence-corrected chi connectivity index (χ4v) is 5.18. The molecule has 3 aliphatic rings. The van der Waals surface area contributed by atoms with E-state index in [-0.39, 0.29) is 23.8 Å². The van der Waals surface area contributed by atoms with E-state index in [1.807, 2.05) is 36.4 Å². The highest BCUT2D eigenvalue weighted by atomic mass is 16.5. The molecule has 3 amide bonds. The summed E-state index contributed by atoms with van der Waals surface area (Å²) in [7, 11) is 1.63. The SMILES string of the molecule is COc1ccc(CCNC(=O)[C@@H]2[C@H]3C(=O)N(c4ccc(NC(C)=O)cc4)C[C@]34C=C[C@H]2O4)cc1. The van der Waals surface area contributed by atoms with E-state index >= 15 is 0 Å². The number of methoxy groups -OCH3 is 1. The quantitative estimate of drug-likeness (QED) is 0.617. The number of amides is 3. The van der Waals surface area contributed by atoms with Crippen molar-refractivity contribution in [2.75, 3.05) is 30.4 Å². The molecular formula is C26H27N3O5. The van der Waals surface area contributed by atoms with Gasteiger partial charge >= 0.3 is 0 Å². The summed E-state index contributed by atoms with van der Waals surface area (Å²) in [4.78, 5) is 39.5. The van der Waals surface area contributed by atoms with Gasteiger partial charge in [0, 0.05) is 24.8 Å². The Balaban J connectivity index is 1.26. The Hall–Kier alpha value is -3.65. The molecule has 0 unspecified atom stereocenters. The maximum absolute atomic E-state index is 13.5. The van der Waals surface area contributed by atoms with Crippen molar-refractivity contribution in [3.8, 4) is 5.75 Å². The molecule has 4 atom stereocenters. The first-order valence-corrected chi connectivity index (χ1v) is 11.4. The standard InChI is InChI=1S/C26H27N3O5/c1-16(30)28-18-5-7-19(8-6-18)29-15-26-13-11-21(34-26)22(23(26)25(29)32)24(31)27-14-12-17-3-9-20(33-2)10-4-17/h3-11,13,21-23H,12,14-15H2,1-2H3,(H,27,31)(H,28,30)/t21-,22+,23+,26-/m1/s1. The molecule has 2 N–H and O–H groups in total. The second kappa shape index (κ2) is 8.61. The van der Waals surface area contributed by atoms with Gasteiger partial charge in [-0.15, -0.1) is 0 Å². The monoisotopic (exact) mass is 461 g/mol. The Morgan fingerprint density at radius 1 is 1.15 bits per heavy atom. The molecule has 2 aromatic carbocycles. The molecule has 176 valence electrons. The van der Waals surface area contributed by atoms with E-state index in [9.17, 15) is 14.4 Å². The molecule has 8 nitrogen and oxygen atoms in total. The highest BCUT2D eigenvalue weighted by Gasteiger charge is 2.67. The molecule has 2 fully saturated rings. The van der Waals surface area contributed by atoms with E-state index < -0.39 is 17.4 Å². The molecule has 0 radical (unpaired) electrons. The van der Waals surface area contributed by atoms with Crippen LogP contribution in [0.1, 0.15) is 12.5 Å². The summed E-state index contributed by atoms with van der Waals surface area (Å²) >= 11 is 0. The fraction of sp³-hybridized carbons (Fsp3) is 0.346. The van der Waals surface area contributed by atoms with Crippen LogP contribution in [0.5, 0.6) is 5.75 Å². The van der Waals surface area contributed by atoms with E-state index in [1.165, 1.54) is 6.92 Å². The molecule has 0 aliphatic carbocycles. The normalized spacial score (nSPS) is 26.5. The predicted molar refractivity (Wildman–Crippen MR) is 127 cm³/mol. The van der Waals surface area contributed by atoms with Crippen LogP contribution in [0.15, 0.2) is 60.7 Å². The molecule has 0 aromatic heterocycles. The van der Waals surface area contributed by atoms with Gasteiger partial charge in [0.1, 0.15) is 11.4 Å². The third kappa shape index (κ3) is 3.84. The van der Waals surface area contributed by atoms with Crippen molar-refractivity contribution in [2.45, 2.75) is 25.0 Å². The van der Waals surface area contributed by atoms with Gasteiger partial charge in [0.25, 0.3) is 0 Å². The molecule has 1 spiro atoms. The van der Waals surface area contributed by atoms with Crippen molar-refractivity contribution in [3.05, 3.63) is 66.2 Å². The van der Waals surface area contributed by atoms with Gasteiger partial charge in [-0.05, 0) is 48.4 Å². The Labute approximate surface area is 197 Å². The van der Waals surface area contributed by atoms with Gasteiger partial charge < -0.3 is 25.0 Å². The number of carbonyl (C=O) groups excluding carboxylic acids is 3. The lowest BCUT2D eigenvalue weighted by Crippen LogP contribution is -2.44. The summed E-state index contributed by atoms with van der Waals surface area (Å²) in [5, 5.41) is 5.72. The highest BCUT2D eigenvalue weighted by molar-refractivity contribution is 6.03. The Morgan fingerprint density at radius 2 is 1.88 bits per heavy atom. The van der Waals surface area contributed by atoms with Crippen LogP contribution in [-0.4, -0.2) is 49.6 Å². The zero-order valence-electron chi connectivity index (χ0n) is 19.1. The predicted octanol–water partition coefficient (Wildman–Crippen LogP) is 2.30. The second-order valence-electron chi connectivity index (χ2n) is 8.94. The van der Waals surface area contributed by atoms with Crippen LogP contribution in [0, 0.1) is 11.8 Å². The molecule has 5 rings (SSSR count). The molecule has 2 aromatic rings. The molecular weight excluding hydrogens is 434 g/mol. The van der Waals surface area contributed by atoms with Crippen LogP contribution in [0.25, 0.3) is 0 Å². The van der Waals surface area contributed by atoms with Gasteiger partial charge in [0.15, 0.2) is 0 Å². The Bertz CT molecular complexity index is 1140. The summed E-state index contributed by atoms with van der Waals surface area (Å²) in [5.74, 6) is -0.760. The van der Waals surface area contributed by atoms with Crippen LogP contribution in [-0.2, 0) is 25.5 Å².